The number of aryl methyl sites for hydroxylation is 2. The van der Waals surface area contributed by atoms with Crippen LogP contribution in [0.25, 0.3) is 0 Å². The number of nitrogens with zero attached hydrogens (tertiary/aromatic N) is 1. The Morgan fingerprint density at radius 2 is 1.93 bits per heavy atom. The molecule has 0 atom stereocenters. The number of rotatable bonds is 8. The lowest BCUT2D eigenvalue weighted by atomic mass is 10.1. The number of hydrogen-bond donors (Lipinski definition) is 2. The zero-order valence-electron chi connectivity index (χ0n) is 17.6. The molecule has 160 valence electrons. The van der Waals surface area contributed by atoms with E-state index in [1.807, 2.05) is 19.1 Å². The lowest BCUT2D eigenvalue weighted by Crippen LogP contribution is -2.38. The molecular formula is C21H30IN3O4. The fourth-order valence-electron chi connectivity index (χ4n) is 2.85. The van der Waals surface area contributed by atoms with Crippen molar-refractivity contribution in [1.82, 2.24) is 10.6 Å². The molecule has 0 aliphatic heterocycles. The van der Waals surface area contributed by atoms with Gasteiger partial charge in [0.05, 0.1) is 14.2 Å². The van der Waals surface area contributed by atoms with Gasteiger partial charge in [0.2, 0.25) is 0 Å². The van der Waals surface area contributed by atoms with Gasteiger partial charge in [-0.2, -0.15) is 0 Å². The molecule has 2 rings (SSSR count). The van der Waals surface area contributed by atoms with E-state index >= 15 is 0 Å². The Kier molecular flexibility index (Phi) is 10.6. The molecule has 0 aliphatic carbocycles. The van der Waals surface area contributed by atoms with Crippen LogP contribution in [0.3, 0.4) is 0 Å². The maximum Gasteiger partial charge on any atom is 0.341 e. The topological polar surface area (TPSA) is 85.1 Å². The summed E-state index contributed by atoms with van der Waals surface area (Å²) >= 11 is 0. The Bertz CT molecular complexity index is 833. The molecule has 0 saturated carbocycles. The summed E-state index contributed by atoms with van der Waals surface area (Å²) < 4.78 is 15.8. The molecule has 0 saturated heterocycles. The third-order valence-electron chi connectivity index (χ3n) is 4.23. The number of nitrogens with one attached hydrogen (secondary N) is 2. The molecule has 0 bridgehead atoms. The third kappa shape index (κ3) is 7.26. The second-order valence-corrected chi connectivity index (χ2v) is 6.36. The molecule has 7 nitrogen and oxygen atoms in total. The van der Waals surface area contributed by atoms with Crippen LogP contribution in [0.1, 0.15) is 39.9 Å². The summed E-state index contributed by atoms with van der Waals surface area (Å²) in [5, 5.41) is 6.52. The number of esters is 1. The van der Waals surface area contributed by atoms with E-state index in [1.54, 1.807) is 20.1 Å². The predicted molar refractivity (Wildman–Crippen MR) is 124 cm³/mol. The van der Waals surface area contributed by atoms with E-state index < -0.39 is 5.97 Å². The molecule has 1 aromatic carbocycles. The molecule has 0 fully saturated rings. The van der Waals surface area contributed by atoms with Crippen LogP contribution in [0.5, 0.6) is 5.75 Å². The van der Waals surface area contributed by atoms with Gasteiger partial charge in [0.1, 0.15) is 29.4 Å². The van der Waals surface area contributed by atoms with Crippen LogP contribution >= 0.6 is 24.0 Å². The van der Waals surface area contributed by atoms with Gasteiger partial charge in [0, 0.05) is 13.1 Å². The molecule has 0 aliphatic rings. The van der Waals surface area contributed by atoms with Crippen LogP contribution in [0, 0.1) is 13.8 Å². The van der Waals surface area contributed by atoms with E-state index in [0.717, 1.165) is 24.3 Å². The number of hydrogen-bond acceptors (Lipinski definition) is 5. The number of ether oxygens (including phenoxy) is 2. The minimum Gasteiger partial charge on any atom is -0.496 e. The van der Waals surface area contributed by atoms with E-state index in [-0.39, 0.29) is 24.0 Å². The molecule has 2 aromatic rings. The number of aliphatic imine (C=N–C) groups is 1. The van der Waals surface area contributed by atoms with Crippen molar-refractivity contribution in [3.63, 3.8) is 0 Å². The van der Waals surface area contributed by atoms with Crippen molar-refractivity contribution in [1.29, 1.82) is 0 Å². The molecule has 0 unspecified atom stereocenters. The number of halogens is 1. The summed E-state index contributed by atoms with van der Waals surface area (Å²) in [5.74, 6) is 2.30. The number of benzene rings is 1. The van der Waals surface area contributed by atoms with Crippen LogP contribution in [0.2, 0.25) is 0 Å². The quantitative estimate of drug-likeness (QED) is 0.242. The minimum atomic E-state index is -0.409. The fourth-order valence-corrected chi connectivity index (χ4v) is 2.85. The molecule has 2 N–H and O–H groups in total. The van der Waals surface area contributed by atoms with E-state index in [4.69, 9.17) is 13.9 Å². The van der Waals surface area contributed by atoms with Crippen LogP contribution in [-0.4, -0.2) is 39.2 Å². The van der Waals surface area contributed by atoms with Gasteiger partial charge in [-0.15, -0.1) is 24.0 Å². The normalized spacial score (nSPS) is 10.9. The SMILES string of the molecule is CCNC(=NCc1cc(C(=O)OC)c(C)o1)NCCc1cc(C)ccc1OC.I. The first-order valence-electron chi connectivity index (χ1n) is 9.31. The highest BCUT2D eigenvalue weighted by Gasteiger charge is 2.15. The maximum atomic E-state index is 11.7. The Balaban J connectivity index is 0.00000420. The smallest absolute Gasteiger partial charge is 0.341 e. The monoisotopic (exact) mass is 515 g/mol. The van der Waals surface area contributed by atoms with Crippen molar-refractivity contribution in [2.75, 3.05) is 27.3 Å². The van der Waals surface area contributed by atoms with E-state index in [1.165, 1.54) is 12.7 Å². The van der Waals surface area contributed by atoms with Crippen molar-refractivity contribution >= 4 is 35.9 Å². The van der Waals surface area contributed by atoms with Gasteiger partial charge in [-0.1, -0.05) is 17.7 Å². The highest BCUT2D eigenvalue weighted by atomic mass is 127. The number of carbonyl (C=O) groups is 1. The molecular weight excluding hydrogens is 485 g/mol. The lowest BCUT2D eigenvalue weighted by Gasteiger charge is -2.13. The van der Waals surface area contributed by atoms with Gasteiger partial charge < -0.3 is 24.5 Å². The lowest BCUT2D eigenvalue weighted by molar-refractivity contribution is 0.0599. The molecule has 0 spiro atoms. The molecule has 29 heavy (non-hydrogen) atoms. The highest BCUT2D eigenvalue weighted by Crippen LogP contribution is 2.20. The molecule has 0 amide bonds. The third-order valence-corrected chi connectivity index (χ3v) is 4.23. The average molecular weight is 515 g/mol. The zero-order chi connectivity index (χ0) is 20.5. The summed E-state index contributed by atoms with van der Waals surface area (Å²) in [7, 11) is 3.03. The molecule has 1 heterocycles. The highest BCUT2D eigenvalue weighted by molar-refractivity contribution is 14.0. The van der Waals surface area contributed by atoms with E-state index in [2.05, 4.69) is 28.6 Å². The largest absolute Gasteiger partial charge is 0.496 e. The van der Waals surface area contributed by atoms with Crippen molar-refractivity contribution in [3.05, 3.63) is 52.5 Å². The summed E-state index contributed by atoms with van der Waals surface area (Å²) in [5.41, 5.74) is 2.78. The number of methoxy groups -OCH3 is 2. The van der Waals surface area contributed by atoms with Gasteiger partial charge in [0.25, 0.3) is 0 Å². The molecule has 0 radical (unpaired) electrons. The second-order valence-electron chi connectivity index (χ2n) is 6.36. The number of carbonyl (C=O) groups excluding carboxylic acids is 1. The van der Waals surface area contributed by atoms with Gasteiger partial charge in [-0.05, 0) is 44.9 Å². The summed E-state index contributed by atoms with van der Waals surface area (Å²) in [6, 6.07) is 7.83. The van der Waals surface area contributed by atoms with Crippen molar-refractivity contribution in [2.45, 2.75) is 33.7 Å². The van der Waals surface area contributed by atoms with Crippen LogP contribution in [0.4, 0.5) is 0 Å². The molecule has 1 aromatic heterocycles. The Labute approximate surface area is 189 Å². The summed E-state index contributed by atoms with van der Waals surface area (Å²) in [4.78, 5) is 16.2. The number of guanidine groups is 1. The van der Waals surface area contributed by atoms with Crippen LogP contribution in [-0.2, 0) is 17.7 Å². The fraction of sp³-hybridized carbons (Fsp3) is 0.429. The minimum absolute atomic E-state index is 0. The summed E-state index contributed by atoms with van der Waals surface area (Å²) in [6.45, 7) is 7.57. The standard InChI is InChI=1S/C21H29N3O4.HI/c1-6-22-21(23-10-9-16-11-14(2)7-8-19(16)26-4)24-13-17-12-18(15(3)28-17)20(25)27-5;/h7-8,11-12H,6,9-10,13H2,1-5H3,(H2,22,23,24);1H. The van der Waals surface area contributed by atoms with Gasteiger partial charge in [0.15, 0.2) is 5.96 Å². The maximum absolute atomic E-state index is 11.7. The average Bonchev–Trinajstić information content (AvgIpc) is 3.06. The zero-order valence-corrected chi connectivity index (χ0v) is 20.0. The van der Waals surface area contributed by atoms with Gasteiger partial charge in [-0.3, -0.25) is 0 Å². The van der Waals surface area contributed by atoms with E-state index in [9.17, 15) is 4.79 Å². The first-order chi connectivity index (χ1) is 13.5. The van der Waals surface area contributed by atoms with Crippen molar-refractivity contribution < 1.29 is 18.7 Å². The van der Waals surface area contributed by atoms with Crippen LogP contribution in [0.15, 0.2) is 33.7 Å². The first kappa shape index (κ1) is 24.8. The Morgan fingerprint density at radius 3 is 2.59 bits per heavy atom. The second kappa shape index (κ2) is 12.4. The Hall–Kier alpha value is -2.23. The number of furan rings is 1. The Morgan fingerprint density at radius 1 is 1.17 bits per heavy atom. The summed E-state index contributed by atoms with van der Waals surface area (Å²) in [6.07, 6.45) is 0.807. The van der Waals surface area contributed by atoms with Crippen molar-refractivity contribution in [3.8, 4) is 5.75 Å². The first-order valence-corrected chi connectivity index (χ1v) is 9.31. The van der Waals surface area contributed by atoms with Gasteiger partial charge in [-0.25, -0.2) is 9.79 Å². The molecule has 8 heteroatoms. The predicted octanol–water partition coefficient (Wildman–Crippen LogP) is 3.61. The van der Waals surface area contributed by atoms with E-state index in [0.29, 0.717) is 36.1 Å². The van der Waals surface area contributed by atoms with Gasteiger partial charge >= 0.3 is 5.97 Å². The van der Waals surface area contributed by atoms with Crippen LogP contribution < -0.4 is 15.4 Å². The van der Waals surface area contributed by atoms with Crippen molar-refractivity contribution in [2.24, 2.45) is 4.99 Å².